The van der Waals surface area contributed by atoms with E-state index in [-0.39, 0.29) is 22.9 Å². The van der Waals surface area contributed by atoms with Crippen molar-refractivity contribution in [2.45, 2.75) is 26.3 Å². The Labute approximate surface area is 126 Å². The third-order valence-corrected chi connectivity index (χ3v) is 2.95. The molecule has 0 saturated heterocycles. The van der Waals surface area contributed by atoms with Gasteiger partial charge in [0.1, 0.15) is 11.6 Å². The van der Waals surface area contributed by atoms with Crippen LogP contribution >= 0.6 is 11.6 Å². The first-order valence-corrected chi connectivity index (χ1v) is 6.57. The molecule has 0 unspecified atom stereocenters. The molecule has 7 nitrogen and oxygen atoms in total. The van der Waals surface area contributed by atoms with Crippen molar-refractivity contribution in [1.82, 2.24) is 5.32 Å². The number of nitrogens with zero attached hydrogens (tertiary/aromatic N) is 1. The molecule has 0 aliphatic carbocycles. The third kappa shape index (κ3) is 4.71. The lowest BCUT2D eigenvalue weighted by molar-refractivity contribution is -0.385. The monoisotopic (exact) mass is 314 g/mol. The van der Waals surface area contributed by atoms with E-state index in [9.17, 15) is 19.7 Å². The lowest BCUT2D eigenvalue weighted by Crippen LogP contribution is -2.41. The van der Waals surface area contributed by atoms with Crippen molar-refractivity contribution in [1.29, 1.82) is 0 Å². The van der Waals surface area contributed by atoms with Crippen molar-refractivity contribution in [3.8, 4) is 0 Å². The molecule has 0 aliphatic heterocycles. The summed E-state index contributed by atoms with van der Waals surface area (Å²) in [6.45, 7) is 3.62. The lowest BCUT2D eigenvalue weighted by Gasteiger charge is -2.16. The van der Waals surface area contributed by atoms with Gasteiger partial charge in [0.2, 0.25) is 0 Å². The van der Waals surface area contributed by atoms with Crippen LogP contribution in [0, 0.1) is 16.0 Å². The molecular weight excluding hydrogens is 300 g/mol. The number of nitro groups is 1. The minimum Gasteiger partial charge on any atom is -0.480 e. The number of carbonyl (C=O) groups excluding carboxylic acids is 1. The Hall–Kier alpha value is -2.15. The first kappa shape index (κ1) is 16.9. The Bertz CT molecular complexity index is 574. The summed E-state index contributed by atoms with van der Waals surface area (Å²) < 4.78 is 0. The van der Waals surface area contributed by atoms with Crippen LogP contribution in [0.5, 0.6) is 0 Å². The SMILES string of the molecule is CC(C)C[C@H](NC(=O)c1cc(Cl)ccc1[N+](=O)[O-])C(=O)O. The average molecular weight is 315 g/mol. The number of amides is 1. The Morgan fingerprint density at radius 2 is 2.05 bits per heavy atom. The number of benzene rings is 1. The molecule has 0 aromatic heterocycles. The summed E-state index contributed by atoms with van der Waals surface area (Å²) in [5.41, 5.74) is -0.687. The van der Waals surface area contributed by atoms with Gasteiger partial charge in [0.15, 0.2) is 0 Å². The Kier molecular flexibility index (Phi) is 5.66. The minimum atomic E-state index is -1.19. The summed E-state index contributed by atoms with van der Waals surface area (Å²) in [7, 11) is 0. The van der Waals surface area contributed by atoms with Gasteiger partial charge in [-0.1, -0.05) is 25.4 Å². The van der Waals surface area contributed by atoms with Crippen LogP contribution in [-0.2, 0) is 4.79 Å². The van der Waals surface area contributed by atoms with Gasteiger partial charge in [-0.3, -0.25) is 14.9 Å². The van der Waals surface area contributed by atoms with Crippen LogP contribution in [0.2, 0.25) is 5.02 Å². The van der Waals surface area contributed by atoms with E-state index in [0.29, 0.717) is 0 Å². The van der Waals surface area contributed by atoms with E-state index in [1.54, 1.807) is 0 Å². The molecule has 0 spiro atoms. The highest BCUT2D eigenvalue weighted by atomic mass is 35.5. The molecule has 0 fully saturated rings. The number of carboxylic acid groups (broad SMARTS) is 1. The summed E-state index contributed by atoms with van der Waals surface area (Å²) in [4.78, 5) is 33.4. The molecule has 0 bridgehead atoms. The number of nitro benzene ring substituents is 1. The predicted octanol–water partition coefficient (Wildman–Crippen LogP) is 2.48. The van der Waals surface area contributed by atoms with E-state index in [1.165, 1.54) is 6.07 Å². The van der Waals surface area contributed by atoms with Crippen molar-refractivity contribution in [3.63, 3.8) is 0 Å². The largest absolute Gasteiger partial charge is 0.480 e. The molecule has 21 heavy (non-hydrogen) atoms. The second kappa shape index (κ2) is 7.03. The molecule has 1 aromatic rings. The van der Waals surface area contributed by atoms with Crippen LogP contribution in [0.4, 0.5) is 5.69 Å². The second-order valence-corrected chi connectivity index (χ2v) is 5.35. The molecule has 0 radical (unpaired) electrons. The van der Waals surface area contributed by atoms with Crippen molar-refractivity contribution in [2.24, 2.45) is 5.92 Å². The Morgan fingerprint density at radius 1 is 1.43 bits per heavy atom. The Balaban J connectivity index is 3.05. The van der Waals surface area contributed by atoms with E-state index in [2.05, 4.69) is 5.32 Å². The number of carboxylic acids is 1. The van der Waals surface area contributed by atoms with Gasteiger partial charge in [-0.2, -0.15) is 0 Å². The molecule has 1 rings (SSSR count). The highest BCUT2D eigenvalue weighted by Gasteiger charge is 2.26. The number of hydrogen-bond acceptors (Lipinski definition) is 4. The highest BCUT2D eigenvalue weighted by molar-refractivity contribution is 6.31. The van der Waals surface area contributed by atoms with E-state index in [4.69, 9.17) is 16.7 Å². The second-order valence-electron chi connectivity index (χ2n) is 4.91. The Morgan fingerprint density at radius 3 is 2.52 bits per heavy atom. The molecule has 1 atom stereocenters. The van der Waals surface area contributed by atoms with Crippen molar-refractivity contribution in [2.75, 3.05) is 0 Å². The van der Waals surface area contributed by atoms with Crippen molar-refractivity contribution >= 4 is 29.2 Å². The third-order valence-electron chi connectivity index (χ3n) is 2.71. The maximum atomic E-state index is 12.1. The van der Waals surface area contributed by atoms with Crippen LogP contribution in [0.25, 0.3) is 0 Å². The molecule has 8 heteroatoms. The maximum Gasteiger partial charge on any atom is 0.326 e. The molecule has 114 valence electrons. The summed E-state index contributed by atoms with van der Waals surface area (Å²) in [5, 5.41) is 22.4. The zero-order valence-corrected chi connectivity index (χ0v) is 12.3. The summed E-state index contributed by atoms with van der Waals surface area (Å²) in [6, 6.07) is 2.42. The molecule has 0 aliphatic rings. The van der Waals surface area contributed by atoms with Gasteiger partial charge in [-0.25, -0.2) is 4.79 Å². The standard InChI is InChI=1S/C13H15ClN2O5/c1-7(2)5-10(13(18)19)15-12(17)9-6-8(14)3-4-11(9)16(20)21/h3-4,6-7,10H,5H2,1-2H3,(H,15,17)(H,18,19)/t10-/m0/s1. The summed E-state index contributed by atoms with van der Waals surface area (Å²) in [6.07, 6.45) is 0.218. The molecule has 1 amide bonds. The van der Waals surface area contributed by atoms with Crippen molar-refractivity contribution < 1.29 is 19.6 Å². The van der Waals surface area contributed by atoms with Crippen LogP contribution in [0.3, 0.4) is 0 Å². The average Bonchev–Trinajstić information content (AvgIpc) is 2.36. The lowest BCUT2D eigenvalue weighted by atomic mass is 10.0. The van der Waals surface area contributed by atoms with Crippen LogP contribution in [0.15, 0.2) is 18.2 Å². The number of aliphatic carboxylic acids is 1. The van der Waals surface area contributed by atoms with Gasteiger partial charge < -0.3 is 10.4 Å². The fraction of sp³-hybridized carbons (Fsp3) is 0.385. The fourth-order valence-electron chi connectivity index (χ4n) is 1.78. The first-order valence-electron chi connectivity index (χ1n) is 6.20. The van der Waals surface area contributed by atoms with Crippen molar-refractivity contribution in [3.05, 3.63) is 38.9 Å². The molecule has 0 heterocycles. The predicted molar refractivity (Wildman–Crippen MR) is 76.5 cm³/mol. The highest BCUT2D eigenvalue weighted by Crippen LogP contribution is 2.23. The van der Waals surface area contributed by atoms with E-state index in [1.807, 2.05) is 13.8 Å². The molecular formula is C13H15ClN2O5. The van der Waals surface area contributed by atoms with Gasteiger partial charge >= 0.3 is 5.97 Å². The first-order chi connectivity index (χ1) is 9.72. The van der Waals surface area contributed by atoms with E-state index < -0.39 is 28.5 Å². The smallest absolute Gasteiger partial charge is 0.326 e. The quantitative estimate of drug-likeness (QED) is 0.619. The molecule has 1 aromatic carbocycles. The van der Waals surface area contributed by atoms with E-state index in [0.717, 1.165) is 12.1 Å². The molecule has 2 N–H and O–H groups in total. The minimum absolute atomic E-state index is 0.0424. The van der Waals surface area contributed by atoms with Crippen LogP contribution in [0.1, 0.15) is 30.6 Å². The van der Waals surface area contributed by atoms with Gasteiger partial charge in [-0.15, -0.1) is 0 Å². The topological polar surface area (TPSA) is 110 Å². The van der Waals surface area contributed by atoms with Gasteiger partial charge in [0.25, 0.3) is 11.6 Å². The van der Waals surface area contributed by atoms with Crippen LogP contribution in [-0.4, -0.2) is 27.9 Å². The summed E-state index contributed by atoms with van der Waals surface area (Å²) >= 11 is 5.73. The maximum absolute atomic E-state index is 12.1. The normalized spacial score (nSPS) is 12.0. The van der Waals surface area contributed by atoms with E-state index >= 15 is 0 Å². The number of halogens is 1. The number of rotatable bonds is 6. The van der Waals surface area contributed by atoms with Gasteiger partial charge in [-0.05, 0) is 24.5 Å². The summed E-state index contributed by atoms with van der Waals surface area (Å²) in [5.74, 6) is -1.99. The fourth-order valence-corrected chi connectivity index (χ4v) is 1.95. The van der Waals surface area contributed by atoms with Gasteiger partial charge in [0, 0.05) is 11.1 Å². The van der Waals surface area contributed by atoms with Crippen LogP contribution < -0.4 is 5.32 Å². The number of carbonyl (C=O) groups is 2. The number of hydrogen-bond donors (Lipinski definition) is 2. The zero-order chi connectivity index (χ0) is 16.2. The molecule has 0 saturated carbocycles. The number of nitrogens with one attached hydrogen (secondary N) is 1. The zero-order valence-electron chi connectivity index (χ0n) is 11.5. The van der Waals surface area contributed by atoms with Gasteiger partial charge in [0.05, 0.1) is 4.92 Å².